The van der Waals surface area contributed by atoms with E-state index in [-0.39, 0.29) is 32.3 Å². The summed E-state index contributed by atoms with van der Waals surface area (Å²) in [5, 5.41) is 0. The van der Waals surface area contributed by atoms with Gasteiger partial charge in [-0.3, -0.25) is 9.59 Å². The quantitative estimate of drug-likeness (QED) is 0.335. The van der Waals surface area contributed by atoms with Gasteiger partial charge in [0, 0.05) is 0 Å². The molecule has 4 aromatic rings. The summed E-state index contributed by atoms with van der Waals surface area (Å²) >= 11 is 0. The van der Waals surface area contributed by atoms with Gasteiger partial charge in [-0.05, 0) is 72.8 Å². The first-order chi connectivity index (χ1) is 19.1. The monoisotopic (exact) mass is 578 g/mol. The SMILES string of the molecule is COc1ccc(S(=O)(=O)N2C(=O)c3ccccc3N(S(=O)(=O)c3ccc(OC)cc3)C(=O)c3ccccc32)cc1. The molecule has 0 unspecified atom stereocenters. The first-order valence-electron chi connectivity index (χ1n) is 11.8. The molecule has 0 aliphatic carbocycles. The zero-order valence-corrected chi connectivity index (χ0v) is 22.8. The topological polar surface area (TPSA) is 127 Å². The van der Waals surface area contributed by atoms with Crippen molar-refractivity contribution < 1.29 is 35.9 Å². The Morgan fingerprint density at radius 2 is 0.825 bits per heavy atom. The number of hydrogen-bond acceptors (Lipinski definition) is 8. The van der Waals surface area contributed by atoms with Crippen molar-refractivity contribution in [1.29, 1.82) is 0 Å². The zero-order chi connectivity index (χ0) is 28.7. The fraction of sp³-hybridized carbons (Fsp3) is 0.0714. The van der Waals surface area contributed by atoms with Gasteiger partial charge in [0.15, 0.2) is 0 Å². The molecule has 1 aliphatic heterocycles. The van der Waals surface area contributed by atoms with E-state index in [1.54, 1.807) is 0 Å². The van der Waals surface area contributed by atoms with Crippen LogP contribution in [0, 0.1) is 0 Å². The summed E-state index contributed by atoms with van der Waals surface area (Å²) in [5.41, 5.74) is -1.20. The van der Waals surface area contributed by atoms with Gasteiger partial charge in [-0.25, -0.2) is 16.8 Å². The first kappa shape index (κ1) is 26.9. The maximum atomic E-state index is 14.1. The molecule has 1 aliphatic rings. The lowest BCUT2D eigenvalue weighted by Gasteiger charge is -2.32. The third-order valence-electron chi connectivity index (χ3n) is 6.27. The molecule has 5 rings (SSSR count). The molecular formula is C28H22N2O8S2. The molecule has 0 spiro atoms. The molecule has 12 heteroatoms. The summed E-state index contributed by atoms with van der Waals surface area (Å²) in [5.74, 6) is -1.28. The lowest BCUT2D eigenvalue weighted by molar-refractivity contribution is 0.0996. The number of rotatable bonds is 6. The molecule has 0 atom stereocenters. The van der Waals surface area contributed by atoms with Crippen molar-refractivity contribution in [3.05, 3.63) is 108 Å². The smallest absolute Gasteiger partial charge is 0.274 e. The summed E-state index contributed by atoms with van der Waals surface area (Å²) in [7, 11) is -6.29. The highest BCUT2D eigenvalue weighted by Gasteiger charge is 2.43. The minimum absolute atomic E-state index is 0.232. The lowest BCUT2D eigenvalue weighted by atomic mass is 10.1. The third kappa shape index (κ3) is 4.36. The van der Waals surface area contributed by atoms with E-state index < -0.39 is 31.9 Å². The number of nitrogens with zero attached hydrogens (tertiary/aromatic N) is 2. The number of sulfonamides is 2. The maximum Gasteiger partial charge on any atom is 0.274 e. The minimum Gasteiger partial charge on any atom is -0.497 e. The van der Waals surface area contributed by atoms with Gasteiger partial charge in [0.1, 0.15) is 11.5 Å². The molecule has 204 valence electrons. The predicted octanol–water partition coefficient (Wildman–Crippen LogP) is 4.09. The van der Waals surface area contributed by atoms with Crippen LogP contribution in [0.5, 0.6) is 11.5 Å². The largest absolute Gasteiger partial charge is 0.497 e. The van der Waals surface area contributed by atoms with Gasteiger partial charge < -0.3 is 9.47 Å². The second-order valence-electron chi connectivity index (χ2n) is 8.53. The molecule has 2 amide bonds. The molecular weight excluding hydrogens is 556 g/mol. The number of carbonyl (C=O) groups is 2. The number of hydrogen-bond donors (Lipinski definition) is 0. The van der Waals surface area contributed by atoms with Gasteiger partial charge in [-0.1, -0.05) is 24.3 Å². The lowest BCUT2D eigenvalue weighted by Crippen LogP contribution is -2.45. The third-order valence-corrected chi connectivity index (χ3v) is 9.69. The van der Waals surface area contributed by atoms with Gasteiger partial charge in [0.2, 0.25) is 0 Å². The summed E-state index contributed by atoms with van der Waals surface area (Å²) in [4.78, 5) is 27.7. The molecule has 10 nitrogen and oxygen atoms in total. The minimum atomic E-state index is -4.57. The van der Waals surface area contributed by atoms with Crippen LogP contribution in [0.3, 0.4) is 0 Å². The van der Waals surface area contributed by atoms with Crippen LogP contribution >= 0.6 is 0 Å². The van der Waals surface area contributed by atoms with E-state index in [9.17, 15) is 26.4 Å². The molecule has 1 heterocycles. The van der Waals surface area contributed by atoms with E-state index >= 15 is 0 Å². The van der Waals surface area contributed by atoms with E-state index in [1.807, 2.05) is 0 Å². The Balaban J connectivity index is 1.76. The van der Waals surface area contributed by atoms with Crippen molar-refractivity contribution in [2.45, 2.75) is 9.79 Å². The molecule has 40 heavy (non-hydrogen) atoms. The van der Waals surface area contributed by atoms with Gasteiger partial charge in [0.25, 0.3) is 31.9 Å². The van der Waals surface area contributed by atoms with E-state index in [1.165, 1.54) is 111 Å². The standard InChI is InChI=1S/C28H22N2O8S2/c1-37-19-11-15-21(16-12-19)39(33,34)29-25-9-5-3-7-23(25)28(32)30(26-10-6-4-8-24(26)27(29)31)40(35,36)22-17-13-20(38-2)14-18-22/h3-18H,1-2H3. The number of anilines is 2. The molecule has 0 aromatic heterocycles. The van der Waals surface area contributed by atoms with Crippen LogP contribution in [0.15, 0.2) is 107 Å². The van der Waals surface area contributed by atoms with Crippen LogP contribution in [0.25, 0.3) is 0 Å². The Kier molecular flexibility index (Phi) is 6.82. The van der Waals surface area contributed by atoms with Crippen LogP contribution in [0.4, 0.5) is 11.4 Å². The molecule has 4 aromatic carbocycles. The average Bonchev–Trinajstić information content (AvgIpc) is 2.97. The van der Waals surface area contributed by atoms with E-state index in [0.29, 0.717) is 20.1 Å². The van der Waals surface area contributed by atoms with Crippen molar-refractivity contribution in [2.75, 3.05) is 22.8 Å². The maximum absolute atomic E-state index is 14.1. The second-order valence-corrected chi connectivity index (χ2v) is 12.1. The summed E-state index contributed by atoms with van der Waals surface area (Å²) < 4.78 is 66.9. The molecule has 0 N–H and O–H groups in total. The fourth-order valence-electron chi connectivity index (χ4n) is 4.28. The molecule has 0 bridgehead atoms. The number of para-hydroxylation sites is 2. The number of methoxy groups -OCH3 is 2. The average molecular weight is 579 g/mol. The predicted molar refractivity (Wildman–Crippen MR) is 147 cm³/mol. The van der Waals surface area contributed by atoms with E-state index in [4.69, 9.17) is 9.47 Å². The van der Waals surface area contributed by atoms with Crippen molar-refractivity contribution >= 4 is 43.2 Å². The van der Waals surface area contributed by atoms with Gasteiger partial charge in [0.05, 0.1) is 46.5 Å². The van der Waals surface area contributed by atoms with Crippen LogP contribution in [-0.2, 0) is 20.0 Å². The van der Waals surface area contributed by atoms with Gasteiger partial charge in [-0.15, -0.1) is 0 Å². The number of ether oxygens (including phenoxy) is 2. The zero-order valence-electron chi connectivity index (χ0n) is 21.2. The second kappa shape index (κ2) is 10.1. The number of carbonyl (C=O) groups excluding carboxylic acids is 2. The fourth-order valence-corrected chi connectivity index (χ4v) is 7.14. The molecule has 0 fully saturated rings. The van der Waals surface area contributed by atoms with Crippen molar-refractivity contribution in [2.24, 2.45) is 0 Å². The van der Waals surface area contributed by atoms with Crippen molar-refractivity contribution in [1.82, 2.24) is 0 Å². The summed E-state index contributed by atoms with van der Waals surface area (Å²) in [6.07, 6.45) is 0. The summed E-state index contributed by atoms with van der Waals surface area (Å²) in [6.45, 7) is 0. The molecule has 0 saturated heterocycles. The van der Waals surface area contributed by atoms with Crippen LogP contribution in [0.2, 0.25) is 0 Å². The van der Waals surface area contributed by atoms with Crippen LogP contribution in [-0.4, -0.2) is 42.9 Å². The Morgan fingerprint density at radius 3 is 1.15 bits per heavy atom. The van der Waals surface area contributed by atoms with Gasteiger partial charge in [-0.2, -0.15) is 8.61 Å². The number of fused-ring (bicyclic) bond motifs is 2. The number of benzene rings is 4. The Labute approximate surface area is 231 Å². The van der Waals surface area contributed by atoms with Crippen molar-refractivity contribution in [3.8, 4) is 11.5 Å². The highest BCUT2D eigenvalue weighted by Crippen LogP contribution is 2.38. The highest BCUT2D eigenvalue weighted by atomic mass is 32.2. The highest BCUT2D eigenvalue weighted by molar-refractivity contribution is 7.94. The Morgan fingerprint density at radius 1 is 0.500 bits per heavy atom. The Hall–Kier alpha value is -4.68. The Bertz CT molecular complexity index is 1700. The van der Waals surface area contributed by atoms with E-state index in [2.05, 4.69) is 0 Å². The first-order valence-corrected chi connectivity index (χ1v) is 14.6. The molecule has 0 saturated carbocycles. The normalized spacial score (nSPS) is 13.7. The van der Waals surface area contributed by atoms with Gasteiger partial charge >= 0.3 is 0 Å². The van der Waals surface area contributed by atoms with E-state index in [0.717, 1.165) is 0 Å². The summed E-state index contributed by atoms with van der Waals surface area (Å²) in [6, 6.07) is 21.7. The van der Waals surface area contributed by atoms with Crippen LogP contribution < -0.4 is 18.1 Å². The van der Waals surface area contributed by atoms with Crippen molar-refractivity contribution in [3.63, 3.8) is 0 Å². The molecule has 0 radical (unpaired) electrons. The number of amides is 2. The van der Waals surface area contributed by atoms with Crippen LogP contribution in [0.1, 0.15) is 20.7 Å².